The molecule has 0 bridgehead atoms. The van der Waals surface area contributed by atoms with Gasteiger partial charge in [0.1, 0.15) is 0 Å². The molecule has 0 radical (unpaired) electrons. The molecule has 0 unspecified atom stereocenters. The lowest BCUT2D eigenvalue weighted by molar-refractivity contribution is 0.121. The van der Waals surface area contributed by atoms with Gasteiger partial charge < -0.3 is 4.74 Å². The standard InChI is InChI=1S/C8H17NO3S/c1-12-7-8-3-5-9(6-4-8)13(2,10)11/h8H,3-7H2,1-2H3. The first-order valence-corrected chi connectivity index (χ1v) is 6.33. The van der Waals surface area contributed by atoms with E-state index in [0.29, 0.717) is 19.0 Å². The van der Waals surface area contributed by atoms with Gasteiger partial charge in [-0.1, -0.05) is 0 Å². The molecule has 1 heterocycles. The molecule has 1 fully saturated rings. The molecule has 0 aromatic rings. The van der Waals surface area contributed by atoms with E-state index in [1.165, 1.54) is 6.26 Å². The van der Waals surface area contributed by atoms with Crippen LogP contribution in [0, 0.1) is 5.92 Å². The zero-order valence-electron chi connectivity index (χ0n) is 8.19. The normalized spacial score (nSPS) is 22.0. The molecule has 1 saturated heterocycles. The highest BCUT2D eigenvalue weighted by molar-refractivity contribution is 7.88. The van der Waals surface area contributed by atoms with Gasteiger partial charge in [0, 0.05) is 26.8 Å². The van der Waals surface area contributed by atoms with Crippen molar-refractivity contribution in [1.29, 1.82) is 0 Å². The quantitative estimate of drug-likeness (QED) is 0.669. The molecule has 1 rings (SSSR count). The van der Waals surface area contributed by atoms with Gasteiger partial charge in [-0.15, -0.1) is 0 Å². The van der Waals surface area contributed by atoms with Gasteiger partial charge in [-0.3, -0.25) is 0 Å². The van der Waals surface area contributed by atoms with Gasteiger partial charge in [0.25, 0.3) is 0 Å². The van der Waals surface area contributed by atoms with Gasteiger partial charge in [0.2, 0.25) is 10.0 Å². The lowest BCUT2D eigenvalue weighted by Crippen LogP contribution is -2.38. The van der Waals surface area contributed by atoms with Gasteiger partial charge in [0.15, 0.2) is 0 Å². The Morgan fingerprint density at radius 2 is 1.92 bits per heavy atom. The molecule has 1 aliphatic rings. The molecule has 0 aromatic heterocycles. The van der Waals surface area contributed by atoms with Crippen molar-refractivity contribution in [2.45, 2.75) is 12.8 Å². The highest BCUT2D eigenvalue weighted by Gasteiger charge is 2.24. The summed E-state index contributed by atoms with van der Waals surface area (Å²) in [4.78, 5) is 0. The maximum atomic E-state index is 11.1. The van der Waals surface area contributed by atoms with E-state index in [9.17, 15) is 8.42 Å². The first-order chi connectivity index (χ1) is 6.04. The smallest absolute Gasteiger partial charge is 0.211 e. The molecule has 0 spiro atoms. The molecule has 5 heteroatoms. The van der Waals surface area contributed by atoms with Crippen molar-refractivity contribution in [3.8, 4) is 0 Å². The number of ether oxygens (including phenoxy) is 1. The third kappa shape index (κ3) is 3.25. The molecular weight excluding hydrogens is 190 g/mol. The number of hydrogen-bond donors (Lipinski definition) is 0. The fraction of sp³-hybridized carbons (Fsp3) is 1.00. The fourth-order valence-electron chi connectivity index (χ4n) is 1.64. The van der Waals surface area contributed by atoms with E-state index in [4.69, 9.17) is 4.74 Å². The third-order valence-corrected chi connectivity index (χ3v) is 3.75. The average molecular weight is 207 g/mol. The second-order valence-electron chi connectivity index (χ2n) is 3.56. The maximum absolute atomic E-state index is 11.1. The van der Waals surface area contributed by atoms with Crippen LogP contribution in [0.4, 0.5) is 0 Å². The fourth-order valence-corrected chi connectivity index (χ4v) is 2.52. The van der Waals surface area contributed by atoms with Crippen LogP contribution in [0.5, 0.6) is 0 Å². The number of piperidine rings is 1. The number of methoxy groups -OCH3 is 1. The maximum Gasteiger partial charge on any atom is 0.211 e. The summed E-state index contributed by atoms with van der Waals surface area (Å²) in [6, 6.07) is 0. The molecular formula is C8H17NO3S. The lowest BCUT2D eigenvalue weighted by Gasteiger charge is -2.29. The first kappa shape index (κ1) is 10.9. The summed E-state index contributed by atoms with van der Waals surface area (Å²) in [7, 11) is -1.29. The minimum absolute atomic E-state index is 0.531. The van der Waals surface area contributed by atoms with Gasteiger partial charge in [-0.2, -0.15) is 0 Å². The van der Waals surface area contributed by atoms with Crippen molar-refractivity contribution in [2.75, 3.05) is 33.1 Å². The number of rotatable bonds is 3. The molecule has 0 aromatic carbocycles. The lowest BCUT2D eigenvalue weighted by atomic mass is 9.99. The summed E-state index contributed by atoms with van der Waals surface area (Å²) in [5, 5.41) is 0. The Kier molecular flexibility index (Phi) is 3.70. The second kappa shape index (κ2) is 4.39. The highest BCUT2D eigenvalue weighted by Crippen LogP contribution is 2.18. The molecule has 78 valence electrons. The van der Waals surface area contributed by atoms with E-state index in [0.717, 1.165) is 19.4 Å². The van der Waals surface area contributed by atoms with Crippen molar-refractivity contribution in [2.24, 2.45) is 5.92 Å². The highest BCUT2D eigenvalue weighted by atomic mass is 32.2. The Bertz CT molecular complexity index is 242. The van der Waals surface area contributed by atoms with Gasteiger partial charge >= 0.3 is 0 Å². The van der Waals surface area contributed by atoms with Crippen LogP contribution >= 0.6 is 0 Å². The van der Waals surface area contributed by atoms with Crippen LogP contribution in [-0.2, 0) is 14.8 Å². The topological polar surface area (TPSA) is 46.6 Å². The predicted octanol–water partition coefficient (Wildman–Crippen LogP) is 0.304. The van der Waals surface area contributed by atoms with Gasteiger partial charge in [-0.25, -0.2) is 12.7 Å². The molecule has 0 N–H and O–H groups in total. The monoisotopic (exact) mass is 207 g/mol. The first-order valence-electron chi connectivity index (χ1n) is 4.48. The number of nitrogens with zero attached hydrogens (tertiary/aromatic N) is 1. The summed E-state index contributed by atoms with van der Waals surface area (Å²) in [5.41, 5.74) is 0. The van der Waals surface area contributed by atoms with E-state index in [1.54, 1.807) is 11.4 Å². The van der Waals surface area contributed by atoms with E-state index >= 15 is 0 Å². The molecule has 0 atom stereocenters. The van der Waals surface area contributed by atoms with Crippen LogP contribution in [-0.4, -0.2) is 45.8 Å². The van der Waals surface area contributed by atoms with Gasteiger partial charge in [0.05, 0.1) is 6.26 Å². The van der Waals surface area contributed by atoms with E-state index in [1.807, 2.05) is 0 Å². The summed E-state index contributed by atoms with van der Waals surface area (Å²) in [5.74, 6) is 0.531. The molecule has 1 aliphatic heterocycles. The Morgan fingerprint density at radius 3 is 2.31 bits per heavy atom. The number of hydrogen-bond acceptors (Lipinski definition) is 3. The van der Waals surface area contributed by atoms with E-state index < -0.39 is 10.0 Å². The Labute approximate surface area is 79.9 Å². The van der Waals surface area contributed by atoms with Crippen LogP contribution in [0.1, 0.15) is 12.8 Å². The van der Waals surface area contributed by atoms with Crippen molar-refractivity contribution >= 4 is 10.0 Å². The average Bonchev–Trinajstić information content (AvgIpc) is 2.04. The van der Waals surface area contributed by atoms with Crippen LogP contribution in [0.3, 0.4) is 0 Å². The van der Waals surface area contributed by atoms with Crippen LogP contribution in [0.15, 0.2) is 0 Å². The van der Waals surface area contributed by atoms with Crippen LogP contribution < -0.4 is 0 Å². The molecule has 0 amide bonds. The minimum atomic E-state index is -2.97. The third-order valence-electron chi connectivity index (χ3n) is 2.44. The molecule has 0 aliphatic carbocycles. The Balaban J connectivity index is 2.39. The molecule has 4 nitrogen and oxygen atoms in total. The number of sulfonamides is 1. The van der Waals surface area contributed by atoms with Gasteiger partial charge in [-0.05, 0) is 18.8 Å². The summed E-state index contributed by atoms with van der Waals surface area (Å²) in [6.07, 6.45) is 3.10. The summed E-state index contributed by atoms with van der Waals surface area (Å²) in [6.45, 7) is 2.04. The zero-order valence-corrected chi connectivity index (χ0v) is 9.01. The Morgan fingerprint density at radius 1 is 1.38 bits per heavy atom. The summed E-state index contributed by atoms with van der Waals surface area (Å²) < 4.78 is 28.9. The molecule has 13 heavy (non-hydrogen) atoms. The SMILES string of the molecule is COCC1CCN(S(C)(=O)=O)CC1. The van der Waals surface area contributed by atoms with Crippen LogP contribution in [0.25, 0.3) is 0 Å². The van der Waals surface area contributed by atoms with Crippen molar-refractivity contribution < 1.29 is 13.2 Å². The Hall–Kier alpha value is -0.130. The van der Waals surface area contributed by atoms with Crippen molar-refractivity contribution in [3.63, 3.8) is 0 Å². The van der Waals surface area contributed by atoms with E-state index in [2.05, 4.69) is 0 Å². The second-order valence-corrected chi connectivity index (χ2v) is 5.54. The van der Waals surface area contributed by atoms with Crippen molar-refractivity contribution in [3.05, 3.63) is 0 Å². The van der Waals surface area contributed by atoms with Crippen LogP contribution in [0.2, 0.25) is 0 Å². The zero-order chi connectivity index (χ0) is 9.90. The largest absolute Gasteiger partial charge is 0.384 e. The molecule has 0 saturated carbocycles. The summed E-state index contributed by atoms with van der Waals surface area (Å²) >= 11 is 0. The van der Waals surface area contributed by atoms with Crippen molar-refractivity contribution in [1.82, 2.24) is 4.31 Å². The van der Waals surface area contributed by atoms with E-state index in [-0.39, 0.29) is 0 Å². The predicted molar refractivity (Wildman–Crippen MR) is 51.0 cm³/mol. The minimum Gasteiger partial charge on any atom is -0.384 e.